The van der Waals surface area contributed by atoms with Crippen LogP contribution in [0.3, 0.4) is 0 Å². The summed E-state index contributed by atoms with van der Waals surface area (Å²) in [6.07, 6.45) is 3.94. The molecule has 0 aromatic heterocycles. The van der Waals surface area contributed by atoms with Gasteiger partial charge in [0.1, 0.15) is 0 Å². The average Bonchev–Trinajstić information content (AvgIpc) is 2.77. The van der Waals surface area contributed by atoms with Crippen LogP contribution in [0.1, 0.15) is 24.8 Å². The molecule has 3 nitrogen and oxygen atoms in total. The van der Waals surface area contributed by atoms with Crippen LogP contribution in [0.5, 0.6) is 0 Å². The van der Waals surface area contributed by atoms with Crippen molar-refractivity contribution >= 4 is 5.97 Å². The molecule has 18 heavy (non-hydrogen) atoms. The van der Waals surface area contributed by atoms with Gasteiger partial charge in [0.25, 0.3) is 0 Å². The van der Waals surface area contributed by atoms with E-state index in [0.717, 1.165) is 25.7 Å². The predicted molar refractivity (Wildman–Crippen MR) is 69.3 cm³/mol. The van der Waals surface area contributed by atoms with Gasteiger partial charge in [0.2, 0.25) is 0 Å². The normalized spacial score (nSPS) is 34.4. The number of aliphatic carboxylic acids is 1. The lowest BCUT2D eigenvalue weighted by molar-refractivity contribution is -0.145. The average molecular weight is 245 g/mol. The van der Waals surface area contributed by atoms with Gasteiger partial charge in [0.15, 0.2) is 0 Å². The highest BCUT2D eigenvalue weighted by Gasteiger charge is 2.44. The molecule has 1 aromatic carbocycles. The van der Waals surface area contributed by atoms with Gasteiger partial charge in [0, 0.05) is 12.1 Å². The van der Waals surface area contributed by atoms with Gasteiger partial charge in [-0.15, -0.1) is 0 Å². The van der Waals surface area contributed by atoms with E-state index in [2.05, 4.69) is 17.4 Å². The van der Waals surface area contributed by atoms with Crippen LogP contribution in [0, 0.1) is 11.8 Å². The number of hydrogen-bond acceptors (Lipinski definition) is 2. The highest BCUT2D eigenvalue weighted by molar-refractivity contribution is 5.71. The molecule has 2 fully saturated rings. The van der Waals surface area contributed by atoms with Crippen LogP contribution in [-0.4, -0.2) is 23.2 Å². The van der Waals surface area contributed by atoms with E-state index in [1.807, 2.05) is 18.2 Å². The van der Waals surface area contributed by atoms with Crippen molar-refractivity contribution in [1.29, 1.82) is 0 Å². The molecular weight excluding hydrogens is 226 g/mol. The molecule has 0 spiro atoms. The van der Waals surface area contributed by atoms with Gasteiger partial charge >= 0.3 is 5.97 Å². The molecule has 2 saturated heterocycles. The summed E-state index contributed by atoms with van der Waals surface area (Å²) in [6, 6.07) is 11.1. The Labute approximate surface area is 107 Å². The number of nitrogens with one attached hydrogen (secondary N) is 1. The lowest BCUT2D eigenvalue weighted by Crippen LogP contribution is -2.48. The highest BCUT2D eigenvalue weighted by Crippen LogP contribution is 2.37. The Morgan fingerprint density at radius 3 is 2.78 bits per heavy atom. The first kappa shape index (κ1) is 11.7. The van der Waals surface area contributed by atoms with E-state index in [0.29, 0.717) is 12.1 Å². The van der Waals surface area contributed by atoms with Gasteiger partial charge < -0.3 is 10.4 Å². The van der Waals surface area contributed by atoms with Crippen LogP contribution < -0.4 is 5.32 Å². The molecule has 3 heteroatoms. The third-order valence-electron chi connectivity index (χ3n) is 4.48. The summed E-state index contributed by atoms with van der Waals surface area (Å²) in [5.74, 6) is -0.554. The van der Waals surface area contributed by atoms with Crippen molar-refractivity contribution in [1.82, 2.24) is 5.32 Å². The molecule has 2 N–H and O–H groups in total. The molecule has 0 saturated carbocycles. The second kappa shape index (κ2) is 4.73. The van der Waals surface area contributed by atoms with E-state index in [-0.39, 0.29) is 11.8 Å². The lowest BCUT2D eigenvalue weighted by atomic mass is 9.77. The summed E-state index contributed by atoms with van der Waals surface area (Å²) in [5, 5.41) is 13.0. The molecule has 4 atom stereocenters. The van der Waals surface area contributed by atoms with Crippen LogP contribution in [0.25, 0.3) is 0 Å². The molecule has 0 aliphatic carbocycles. The van der Waals surface area contributed by atoms with Gasteiger partial charge in [-0.1, -0.05) is 30.3 Å². The summed E-state index contributed by atoms with van der Waals surface area (Å²) >= 11 is 0. The molecule has 2 aliphatic heterocycles. The summed E-state index contributed by atoms with van der Waals surface area (Å²) in [6.45, 7) is 0. The van der Waals surface area contributed by atoms with Gasteiger partial charge in [-0.3, -0.25) is 4.79 Å². The van der Waals surface area contributed by atoms with E-state index >= 15 is 0 Å². The van der Waals surface area contributed by atoms with Crippen molar-refractivity contribution < 1.29 is 9.90 Å². The van der Waals surface area contributed by atoms with Crippen LogP contribution in [0.15, 0.2) is 30.3 Å². The quantitative estimate of drug-likeness (QED) is 0.857. The molecule has 0 amide bonds. The van der Waals surface area contributed by atoms with Crippen molar-refractivity contribution in [2.24, 2.45) is 11.8 Å². The second-order valence-electron chi connectivity index (χ2n) is 5.58. The third-order valence-corrected chi connectivity index (χ3v) is 4.48. The Kier molecular flexibility index (Phi) is 3.08. The number of carbonyl (C=O) groups is 1. The summed E-state index contributed by atoms with van der Waals surface area (Å²) < 4.78 is 0. The van der Waals surface area contributed by atoms with Gasteiger partial charge in [-0.25, -0.2) is 0 Å². The molecule has 1 aromatic rings. The Hall–Kier alpha value is -1.35. The van der Waals surface area contributed by atoms with E-state index in [1.165, 1.54) is 5.56 Å². The molecule has 4 unspecified atom stereocenters. The van der Waals surface area contributed by atoms with Crippen LogP contribution in [0.4, 0.5) is 0 Å². The molecule has 2 bridgehead atoms. The first-order valence-electron chi connectivity index (χ1n) is 6.77. The third kappa shape index (κ3) is 2.15. The summed E-state index contributed by atoms with van der Waals surface area (Å²) in [5.41, 5.74) is 1.25. The van der Waals surface area contributed by atoms with E-state index in [1.54, 1.807) is 0 Å². The van der Waals surface area contributed by atoms with Gasteiger partial charge in [-0.05, 0) is 37.2 Å². The second-order valence-corrected chi connectivity index (χ2v) is 5.58. The summed E-state index contributed by atoms with van der Waals surface area (Å²) in [4.78, 5) is 11.4. The molecule has 2 aliphatic rings. The number of piperidine rings is 1. The first-order valence-corrected chi connectivity index (χ1v) is 6.77. The fraction of sp³-hybridized carbons (Fsp3) is 0.533. The minimum atomic E-state index is -0.616. The molecule has 3 rings (SSSR count). The van der Waals surface area contributed by atoms with Crippen molar-refractivity contribution in [3.05, 3.63) is 35.9 Å². The van der Waals surface area contributed by atoms with Crippen LogP contribution in [0.2, 0.25) is 0 Å². The largest absolute Gasteiger partial charge is 0.481 e. The molecule has 96 valence electrons. The topological polar surface area (TPSA) is 49.3 Å². The maximum absolute atomic E-state index is 11.4. The number of carboxylic acids is 1. The standard InChI is InChI=1S/C15H19NO2/c17-15(18)13-9-11-6-7-14(16-11)12(13)8-10-4-2-1-3-5-10/h1-5,11-14,16H,6-9H2,(H,17,18). The van der Waals surface area contributed by atoms with Crippen molar-refractivity contribution in [3.63, 3.8) is 0 Å². The molecular formula is C15H19NO2. The van der Waals surface area contributed by atoms with Crippen molar-refractivity contribution in [2.75, 3.05) is 0 Å². The number of benzene rings is 1. The smallest absolute Gasteiger partial charge is 0.306 e. The maximum Gasteiger partial charge on any atom is 0.306 e. The summed E-state index contributed by atoms with van der Waals surface area (Å²) in [7, 11) is 0. The maximum atomic E-state index is 11.4. The van der Waals surface area contributed by atoms with Crippen molar-refractivity contribution in [2.45, 2.75) is 37.8 Å². The lowest BCUT2D eigenvalue weighted by Gasteiger charge is -2.35. The molecule has 0 radical (unpaired) electrons. The SMILES string of the molecule is O=C(O)C1CC2CCC(N2)C1Cc1ccccc1. The van der Waals surface area contributed by atoms with Crippen LogP contribution >= 0.6 is 0 Å². The minimum absolute atomic E-state index is 0.177. The van der Waals surface area contributed by atoms with Gasteiger partial charge in [-0.2, -0.15) is 0 Å². The highest BCUT2D eigenvalue weighted by atomic mass is 16.4. The van der Waals surface area contributed by atoms with Crippen LogP contribution in [-0.2, 0) is 11.2 Å². The number of fused-ring (bicyclic) bond motifs is 2. The van der Waals surface area contributed by atoms with E-state index < -0.39 is 5.97 Å². The van der Waals surface area contributed by atoms with Crippen molar-refractivity contribution in [3.8, 4) is 0 Å². The Bertz CT molecular complexity index is 431. The minimum Gasteiger partial charge on any atom is -0.481 e. The fourth-order valence-corrected chi connectivity index (χ4v) is 3.59. The Balaban J connectivity index is 1.80. The van der Waals surface area contributed by atoms with E-state index in [4.69, 9.17) is 0 Å². The predicted octanol–water partition coefficient (Wildman–Crippen LogP) is 2.07. The number of carboxylic acid groups (broad SMARTS) is 1. The number of hydrogen-bond donors (Lipinski definition) is 2. The zero-order valence-electron chi connectivity index (χ0n) is 10.4. The molecule has 2 heterocycles. The Morgan fingerprint density at radius 2 is 2.06 bits per heavy atom. The van der Waals surface area contributed by atoms with Gasteiger partial charge in [0.05, 0.1) is 5.92 Å². The monoisotopic (exact) mass is 245 g/mol. The zero-order chi connectivity index (χ0) is 12.5. The Morgan fingerprint density at radius 1 is 1.28 bits per heavy atom. The zero-order valence-corrected chi connectivity index (χ0v) is 10.4. The first-order chi connectivity index (χ1) is 8.74. The number of rotatable bonds is 3. The van der Waals surface area contributed by atoms with E-state index in [9.17, 15) is 9.90 Å². The fourth-order valence-electron chi connectivity index (χ4n) is 3.59.